The van der Waals surface area contributed by atoms with Crippen molar-refractivity contribution in [2.24, 2.45) is 0 Å². The molecule has 0 spiro atoms. The van der Waals surface area contributed by atoms with E-state index in [1.165, 1.54) is 24.2 Å². The van der Waals surface area contributed by atoms with Gasteiger partial charge in [0.2, 0.25) is 0 Å². The maximum Gasteiger partial charge on any atom is 0.323 e. The van der Waals surface area contributed by atoms with E-state index in [0.29, 0.717) is 11.9 Å². The van der Waals surface area contributed by atoms with Crippen molar-refractivity contribution in [3.8, 4) is 0 Å². The third kappa shape index (κ3) is 2.59. The van der Waals surface area contributed by atoms with E-state index < -0.39 is 0 Å². The molecule has 1 fully saturated rings. The van der Waals surface area contributed by atoms with Crippen molar-refractivity contribution in [3.63, 3.8) is 0 Å². The van der Waals surface area contributed by atoms with Crippen molar-refractivity contribution in [1.29, 1.82) is 0 Å². The van der Waals surface area contributed by atoms with E-state index in [2.05, 4.69) is 20.3 Å². The molecule has 106 valence electrons. The largest absolute Gasteiger partial charge is 0.345 e. The number of urea groups is 1. The van der Waals surface area contributed by atoms with Gasteiger partial charge in [-0.1, -0.05) is 19.3 Å². The predicted octanol–water partition coefficient (Wildman–Crippen LogP) is 2.44. The fourth-order valence-corrected chi connectivity index (χ4v) is 2.60. The Hall–Kier alpha value is -2.11. The SMILES string of the molecule is CN(C(=O)NC1CCCCC1)c1cnc2[nH]ccc2n1. The van der Waals surface area contributed by atoms with Crippen LogP contribution in [-0.2, 0) is 0 Å². The summed E-state index contributed by atoms with van der Waals surface area (Å²) in [6.07, 6.45) is 9.21. The zero-order valence-corrected chi connectivity index (χ0v) is 11.6. The van der Waals surface area contributed by atoms with Crippen LogP contribution in [0.1, 0.15) is 32.1 Å². The Balaban J connectivity index is 1.70. The smallest absolute Gasteiger partial charge is 0.323 e. The number of aromatic nitrogens is 3. The number of hydrogen-bond donors (Lipinski definition) is 2. The first kappa shape index (κ1) is 12.9. The lowest BCUT2D eigenvalue weighted by molar-refractivity contribution is 0.239. The van der Waals surface area contributed by atoms with Crippen LogP contribution in [0.4, 0.5) is 10.6 Å². The minimum Gasteiger partial charge on any atom is -0.345 e. The first-order chi connectivity index (χ1) is 9.74. The normalized spacial score (nSPS) is 16.2. The van der Waals surface area contributed by atoms with Crippen LogP contribution in [0.2, 0.25) is 0 Å². The summed E-state index contributed by atoms with van der Waals surface area (Å²) in [4.78, 5) is 25.4. The van der Waals surface area contributed by atoms with Crippen LogP contribution in [0.15, 0.2) is 18.5 Å². The third-order valence-electron chi connectivity index (χ3n) is 3.83. The van der Waals surface area contributed by atoms with Crippen molar-refractivity contribution < 1.29 is 4.79 Å². The molecule has 0 bridgehead atoms. The zero-order valence-electron chi connectivity index (χ0n) is 11.6. The summed E-state index contributed by atoms with van der Waals surface area (Å²) in [6, 6.07) is 2.03. The van der Waals surface area contributed by atoms with Crippen LogP contribution in [0.3, 0.4) is 0 Å². The van der Waals surface area contributed by atoms with E-state index in [1.807, 2.05) is 6.07 Å². The van der Waals surface area contributed by atoms with Gasteiger partial charge in [-0.2, -0.15) is 0 Å². The maximum absolute atomic E-state index is 12.2. The lowest BCUT2D eigenvalue weighted by Crippen LogP contribution is -2.44. The fourth-order valence-electron chi connectivity index (χ4n) is 2.60. The highest BCUT2D eigenvalue weighted by atomic mass is 16.2. The van der Waals surface area contributed by atoms with Crippen LogP contribution in [0.25, 0.3) is 11.2 Å². The highest BCUT2D eigenvalue weighted by Gasteiger charge is 2.19. The van der Waals surface area contributed by atoms with Crippen LogP contribution >= 0.6 is 0 Å². The Kier molecular flexibility index (Phi) is 3.54. The summed E-state index contributed by atoms with van der Waals surface area (Å²) in [5.74, 6) is 0.561. The van der Waals surface area contributed by atoms with Gasteiger partial charge in [0.05, 0.1) is 6.20 Å². The molecule has 1 aliphatic rings. The topological polar surface area (TPSA) is 73.9 Å². The number of fused-ring (bicyclic) bond motifs is 1. The summed E-state index contributed by atoms with van der Waals surface area (Å²) in [6.45, 7) is 0. The molecule has 2 aromatic rings. The molecule has 1 saturated carbocycles. The van der Waals surface area contributed by atoms with Gasteiger partial charge in [-0.15, -0.1) is 0 Å². The highest BCUT2D eigenvalue weighted by Crippen LogP contribution is 2.18. The molecule has 0 atom stereocenters. The van der Waals surface area contributed by atoms with Gasteiger partial charge < -0.3 is 10.3 Å². The summed E-state index contributed by atoms with van der Waals surface area (Å²) < 4.78 is 0. The monoisotopic (exact) mass is 273 g/mol. The van der Waals surface area contributed by atoms with Gasteiger partial charge >= 0.3 is 6.03 Å². The molecule has 2 amide bonds. The standard InChI is InChI=1S/C14H19N5O/c1-19(14(20)17-10-5-3-2-4-6-10)12-9-16-13-11(18-12)7-8-15-13/h7-10H,2-6H2,1H3,(H,15,16)(H,17,20). The molecule has 2 aromatic heterocycles. The lowest BCUT2D eigenvalue weighted by atomic mass is 9.96. The van der Waals surface area contributed by atoms with E-state index in [9.17, 15) is 4.79 Å². The fraction of sp³-hybridized carbons (Fsp3) is 0.500. The minimum atomic E-state index is -0.110. The lowest BCUT2D eigenvalue weighted by Gasteiger charge is -2.25. The molecule has 3 rings (SSSR count). The van der Waals surface area contributed by atoms with Gasteiger partial charge in [0.15, 0.2) is 11.5 Å². The van der Waals surface area contributed by atoms with Crippen molar-refractivity contribution in [2.45, 2.75) is 38.1 Å². The number of carbonyl (C=O) groups excluding carboxylic acids is 1. The number of rotatable bonds is 2. The van der Waals surface area contributed by atoms with Crippen molar-refractivity contribution in [1.82, 2.24) is 20.3 Å². The number of carbonyl (C=O) groups is 1. The van der Waals surface area contributed by atoms with Gasteiger partial charge in [0.25, 0.3) is 0 Å². The second kappa shape index (κ2) is 5.48. The van der Waals surface area contributed by atoms with Crippen LogP contribution < -0.4 is 10.2 Å². The van der Waals surface area contributed by atoms with E-state index in [4.69, 9.17) is 0 Å². The molecule has 1 aliphatic carbocycles. The van der Waals surface area contributed by atoms with Gasteiger partial charge in [-0.3, -0.25) is 4.90 Å². The molecule has 0 unspecified atom stereocenters. The van der Waals surface area contributed by atoms with Crippen molar-refractivity contribution in [2.75, 3.05) is 11.9 Å². The van der Waals surface area contributed by atoms with E-state index in [1.54, 1.807) is 19.4 Å². The number of nitrogens with zero attached hydrogens (tertiary/aromatic N) is 3. The Labute approximate surface area is 117 Å². The van der Waals surface area contributed by atoms with Crippen molar-refractivity contribution in [3.05, 3.63) is 18.5 Å². The molecule has 0 aliphatic heterocycles. The van der Waals surface area contributed by atoms with E-state index in [-0.39, 0.29) is 6.03 Å². The average molecular weight is 273 g/mol. The molecule has 2 heterocycles. The Bertz CT molecular complexity index is 602. The molecule has 6 nitrogen and oxygen atoms in total. The Morgan fingerprint density at radius 1 is 1.40 bits per heavy atom. The molecule has 6 heteroatoms. The molecule has 0 aromatic carbocycles. The van der Waals surface area contributed by atoms with Crippen LogP contribution in [-0.4, -0.2) is 34.1 Å². The minimum absolute atomic E-state index is 0.110. The second-order valence-corrected chi connectivity index (χ2v) is 5.28. The zero-order chi connectivity index (χ0) is 13.9. The summed E-state index contributed by atoms with van der Waals surface area (Å²) >= 11 is 0. The Morgan fingerprint density at radius 2 is 2.20 bits per heavy atom. The van der Waals surface area contributed by atoms with E-state index in [0.717, 1.165) is 24.0 Å². The molecule has 2 N–H and O–H groups in total. The third-order valence-corrected chi connectivity index (χ3v) is 3.83. The van der Waals surface area contributed by atoms with Gasteiger partial charge in [0, 0.05) is 19.3 Å². The Morgan fingerprint density at radius 3 is 3.00 bits per heavy atom. The number of nitrogens with one attached hydrogen (secondary N) is 2. The van der Waals surface area contributed by atoms with Gasteiger partial charge in [-0.25, -0.2) is 14.8 Å². The molecular weight excluding hydrogens is 254 g/mol. The first-order valence-corrected chi connectivity index (χ1v) is 7.08. The number of aromatic amines is 1. The van der Waals surface area contributed by atoms with Gasteiger partial charge in [0.1, 0.15) is 5.52 Å². The van der Waals surface area contributed by atoms with Crippen molar-refractivity contribution >= 4 is 23.0 Å². The van der Waals surface area contributed by atoms with Crippen LogP contribution in [0.5, 0.6) is 0 Å². The number of anilines is 1. The maximum atomic E-state index is 12.2. The number of hydrogen-bond acceptors (Lipinski definition) is 3. The molecule has 0 radical (unpaired) electrons. The van der Waals surface area contributed by atoms with Gasteiger partial charge in [-0.05, 0) is 18.9 Å². The summed E-state index contributed by atoms with van der Waals surface area (Å²) in [5, 5.41) is 3.07. The average Bonchev–Trinajstić information content (AvgIpc) is 2.94. The summed E-state index contributed by atoms with van der Waals surface area (Å²) in [5.41, 5.74) is 1.50. The first-order valence-electron chi connectivity index (χ1n) is 7.08. The molecule has 20 heavy (non-hydrogen) atoms. The second-order valence-electron chi connectivity index (χ2n) is 5.28. The number of amides is 2. The predicted molar refractivity (Wildman–Crippen MR) is 77.7 cm³/mol. The highest BCUT2D eigenvalue weighted by molar-refractivity contribution is 5.91. The quantitative estimate of drug-likeness (QED) is 0.882. The molecular formula is C14H19N5O. The summed E-state index contributed by atoms with van der Waals surface area (Å²) in [7, 11) is 1.72. The van der Waals surface area contributed by atoms with Crippen LogP contribution in [0, 0.1) is 0 Å². The number of H-pyrrole nitrogens is 1. The molecule has 0 saturated heterocycles. The van der Waals surface area contributed by atoms with E-state index >= 15 is 0 Å².